The molecular weight excluding hydrogens is 268 g/mol. The predicted octanol–water partition coefficient (Wildman–Crippen LogP) is 2.35. The summed E-state index contributed by atoms with van der Waals surface area (Å²) in [5.74, 6) is 0.996. The van der Waals surface area contributed by atoms with Gasteiger partial charge in [0.15, 0.2) is 5.82 Å². The molecule has 1 heterocycles. The molecule has 0 amide bonds. The molecule has 5 heteroatoms. The van der Waals surface area contributed by atoms with E-state index in [1.54, 1.807) is 0 Å². The number of carbonyl (C=O) groups is 1. The van der Waals surface area contributed by atoms with Crippen LogP contribution in [-0.2, 0) is 21.4 Å². The Morgan fingerprint density at radius 2 is 2.19 bits per heavy atom. The van der Waals surface area contributed by atoms with Gasteiger partial charge in [0.2, 0.25) is 5.89 Å². The first-order valence-corrected chi connectivity index (χ1v) is 7.25. The summed E-state index contributed by atoms with van der Waals surface area (Å²) in [4.78, 5) is 16.4. The average Bonchev–Trinajstić information content (AvgIpc) is 2.99. The summed E-state index contributed by atoms with van der Waals surface area (Å²) in [6.45, 7) is 0. The van der Waals surface area contributed by atoms with Crippen molar-refractivity contribution in [2.24, 2.45) is 0 Å². The van der Waals surface area contributed by atoms with Crippen molar-refractivity contribution in [3.05, 3.63) is 47.1 Å². The Labute approximate surface area is 122 Å². The van der Waals surface area contributed by atoms with Crippen molar-refractivity contribution in [3.8, 4) is 0 Å². The minimum atomic E-state index is -0.682. The number of ether oxygens (including phenoxy) is 1. The summed E-state index contributed by atoms with van der Waals surface area (Å²) in [6, 6.07) is 8.36. The second-order valence-electron chi connectivity index (χ2n) is 5.82. The highest BCUT2D eigenvalue weighted by Gasteiger charge is 2.57. The SMILES string of the molecule is COC(=O)C1(c2nc(C3CCc4ccccc43)no2)CC1. The summed E-state index contributed by atoms with van der Waals surface area (Å²) >= 11 is 0. The van der Waals surface area contributed by atoms with Crippen LogP contribution in [0.3, 0.4) is 0 Å². The van der Waals surface area contributed by atoms with Gasteiger partial charge in [-0.1, -0.05) is 29.4 Å². The summed E-state index contributed by atoms with van der Waals surface area (Å²) in [5.41, 5.74) is 1.94. The van der Waals surface area contributed by atoms with Crippen LogP contribution in [0.15, 0.2) is 28.8 Å². The molecule has 0 N–H and O–H groups in total. The zero-order valence-corrected chi connectivity index (χ0v) is 11.8. The highest BCUT2D eigenvalue weighted by molar-refractivity contribution is 5.85. The lowest BCUT2D eigenvalue weighted by Gasteiger charge is -2.07. The predicted molar refractivity (Wildman–Crippen MR) is 73.8 cm³/mol. The fourth-order valence-electron chi connectivity index (χ4n) is 3.22. The van der Waals surface area contributed by atoms with Gasteiger partial charge in [-0.05, 0) is 36.8 Å². The number of esters is 1. The lowest BCUT2D eigenvalue weighted by molar-refractivity contribution is -0.144. The number of methoxy groups -OCH3 is 1. The van der Waals surface area contributed by atoms with E-state index in [0.29, 0.717) is 11.7 Å². The number of nitrogens with zero attached hydrogens (tertiary/aromatic N) is 2. The minimum absolute atomic E-state index is 0.173. The van der Waals surface area contributed by atoms with Crippen molar-refractivity contribution in [3.63, 3.8) is 0 Å². The zero-order valence-electron chi connectivity index (χ0n) is 11.8. The van der Waals surface area contributed by atoms with Crippen LogP contribution in [0.1, 0.15) is 48.0 Å². The summed E-state index contributed by atoms with van der Waals surface area (Å²) in [6.07, 6.45) is 3.47. The fourth-order valence-corrected chi connectivity index (χ4v) is 3.22. The highest BCUT2D eigenvalue weighted by Crippen LogP contribution is 2.49. The molecule has 0 bridgehead atoms. The third kappa shape index (κ3) is 1.80. The summed E-state index contributed by atoms with van der Waals surface area (Å²) in [5, 5.41) is 4.13. The molecule has 1 aromatic heterocycles. The number of hydrogen-bond acceptors (Lipinski definition) is 5. The molecule has 0 saturated heterocycles. The van der Waals surface area contributed by atoms with Gasteiger partial charge in [-0.2, -0.15) is 4.98 Å². The van der Waals surface area contributed by atoms with Crippen molar-refractivity contribution in [2.75, 3.05) is 7.11 Å². The van der Waals surface area contributed by atoms with E-state index in [2.05, 4.69) is 28.3 Å². The van der Waals surface area contributed by atoms with Gasteiger partial charge in [-0.15, -0.1) is 0 Å². The minimum Gasteiger partial charge on any atom is -0.468 e. The van der Waals surface area contributed by atoms with Crippen molar-refractivity contribution < 1.29 is 14.1 Å². The van der Waals surface area contributed by atoms with E-state index >= 15 is 0 Å². The van der Waals surface area contributed by atoms with E-state index < -0.39 is 5.41 Å². The van der Waals surface area contributed by atoms with Crippen LogP contribution >= 0.6 is 0 Å². The third-order valence-electron chi connectivity index (χ3n) is 4.62. The second-order valence-corrected chi connectivity index (χ2v) is 5.82. The van der Waals surface area contributed by atoms with Crippen molar-refractivity contribution in [1.82, 2.24) is 10.1 Å². The molecule has 0 spiro atoms. The van der Waals surface area contributed by atoms with E-state index in [1.165, 1.54) is 18.2 Å². The van der Waals surface area contributed by atoms with E-state index in [4.69, 9.17) is 9.26 Å². The molecule has 1 aromatic carbocycles. The molecule has 0 radical (unpaired) electrons. The van der Waals surface area contributed by atoms with Crippen molar-refractivity contribution in [2.45, 2.75) is 37.0 Å². The van der Waals surface area contributed by atoms with Crippen LogP contribution < -0.4 is 0 Å². The summed E-state index contributed by atoms with van der Waals surface area (Å²) < 4.78 is 10.2. The Kier molecular flexibility index (Phi) is 2.64. The monoisotopic (exact) mass is 284 g/mol. The molecule has 2 aliphatic carbocycles. The van der Waals surface area contributed by atoms with Crippen LogP contribution in [0, 0.1) is 0 Å². The standard InChI is InChI=1S/C16H16N2O3/c1-20-15(19)16(8-9-16)14-17-13(18-21-14)12-7-6-10-4-2-3-5-11(10)12/h2-5,12H,6-9H2,1H3. The Balaban J connectivity index is 1.66. The van der Waals surface area contributed by atoms with E-state index in [1.807, 2.05) is 6.07 Å². The van der Waals surface area contributed by atoms with Gasteiger partial charge in [0.1, 0.15) is 5.41 Å². The fraction of sp³-hybridized carbons (Fsp3) is 0.438. The number of fused-ring (bicyclic) bond motifs is 1. The third-order valence-corrected chi connectivity index (χ3v) is 4.62. The first-order chi connectivity index (χ1) is 10.2. The van der Waals surface area contributed by atoms with Crippen molar-refractivity contribution in [1.29, 1.82) is 0 Å². The van der Waals surface area contributed by atoms with Crippen LogP contribution in [0.4, 0.5) is 0 Å². The van der Waals surface area contributed by atoms with Crippen molar-refractivity contribution >= 4 is 5.97 Å². The second kappa shape index (κ2) is 4.41. The molecule has 21 heavy (non-hydrogen) atoms. The number of hydrogen-bond donors (Lipinski definition) is 0. The van der Waals surface area contributed by atoms with E-state index in [9.17, 15) is 4.79 Å². The first kappa shape index (κ1) is 12.6. The van der Waals surface area contributed by atoms with Gasteiger partial charge < -0.3 is 9.26 Å². The van der Waals surface area contributed by atoms with Crippen LogP contribution in [0.25, 0.3) is 0 Å². The maximum atomic E-state index is 11.9. The first-order valence-electron chi connectivity index (χ1n) is 7.25. The van der Waals surface area contributed by atoms with Crippen LogP contribution in [-0.4, -0.2) is 23.2 Å². The molecule has 0 aliphatic heterocycles. The molecule has 1 unspecified atom stereocenters. The van der Waals surface area contributed by atoms with Gasteiger partial charge in [-0.3, -0.25) is 4.79 Å². The maximum Gasteiger partial charge on any atom is 0.321 e. The quantitative estimate of drug-likeness (QED) is 0.809. The molecular formula is C16H16N2O3. The molecule has 2 aliphatic rings. The van der Waals surface area contributed by atoms with Gasteiger partial charge >= 0.3 is 5.97 Å². The Bertz CT molecular complexity index is 703. The van der Waals surface area contributed by atoms with Gasteiger partial charge in [-0.25, -0.2) is 0 Å². The molecule has 1 saturated carbocycles. The zero-order chi connectivity index (χ0) is 14.4. The maximum absolute atomic E-state index is 11.9. The molecule has 1 atom stereocenters. The topological polar surface area (TPSA) is 65.2 Å². The molecule has 108 valence electrons. The summed E-state index contributed by atoms with van der Waals surface area (Å²) in [7, 11) is 1.40. The lowest BCUT2D eigenvalue weighted by Crippen LogP contribution is -2.22. The number of benzene rings is 1. The van der Waals surface area contributed by atoms with Crippen LogP contribution in [0.2, 0.25) is 0 Å². The Morgan fingerprint density at radius 1 is 1.38 bits per heavy atom. The van der Waals surface area contributed by atoms with Crippen LogP contribution in [0.5, 0.6) is 0 Å². The largest absolute Gasteiger partial charge is 0.468 e. The normalized spacial score (nSPS) is 21.9. The Hall–Kier alpha value is -2.17. The highest BCUT2D eigenvalue weighted by atomic mass is 16.5. The Morgan fingerprint density at radius 3 is 2.95 bits per heavy atom. The van der Waals surface area contributed by atoms with E-state index in [0.717, 1.165) is 25.7 Å². The number of carbonyl (C=O) groups excluding carboxylic acids is 1. The number of rotatable bonds is 3. The number of aromatic nitrogens is 2. The molecule has 1 fully saturated rings. The smallest absolute Gasteiger partial charge is 0.321 e. The molecule has 5 nitrogen and oxygen atoms in total. The van der Waals surface area contributed by atoms with E-state index in [-0.39, 0.29) is 11.9 Å². The number of aryl methyl sites for hydroxylation is 1. The molecule has 2 aromatic rings. The molecule has 4 rings (SSSR count). The van der Waals surface area contributed by atoms with Gasteiger partial charge in [0.05, 0.1) is 7.11 Å². The average molecular weight is 284 g/mol. The van der Waals surface area contributed by atoms with Gasteiger partial charge in [0.25, 0.3) is 0 Å². The lowest BCUT2D eigenvalue weighted by atomic mass is 10.0. The van der Waals surface area contributed by atoms with Gasteiger partial charge in [0, 0.05) is 5.92 Å².